The second-order valence-electron chi connectivity index (χ2n) is 6.95. The van der Waals surface area contributed by atoms with Crippen LogP contribution in [0.2, 0.25) is 0 Å². The number of aromatic nitrogens is 2. The Kier molecular flexibility index (Phi) is 5.69. The molecular formula is C20H25N5O2. The third kappa shape index (κ3) is 4.42. The quantitative estimate of drug-likeness (QED) is 0.899. The Morgan fingerprint density at radius 2 is 1.67 bits per heavy atom. The van der Waals surface area contributed by atoms with Crippen LogP contribution in [0.25, 0.3) is 0 Å². The molecule has 0 spiro atoms. The molecule has 2 amide bonds. The van der Waals surface area contributed by atoms with E-state index in [9.17, 15) is 9.59 Å². The van der Waals surface area contributed by atoms with E-state index in [2.05, 4.69) is 35.2 Å². The minimum atomic E-state index is -0.153. The van der Waals surface area contributed by atoms with Crippen LogP contribution in [-0.4, -0.2) is 57.8 Å². The van der Waals surface area contributed by atoms with Gasteiger partial charge < -0.3 is 15.1 Å². The molecule has 1 fully saturated rings. The molecule has 0 aliphatic carbocycles. The number of para-hydroxylation sites is 1. The Balaban J connectivity index is 1.66. The van der Waals surface area contributed by atoms with Crippen LogP contribution in [0.5, 0.6) is 0 Å². The number of rotatable bonds is 4. The first-order valence-corrected chi connectivity index (χ1v) is 9.18. The van der Waals surface area contributed by atoms with Gasteiger partial charge in [0.05, 0.1) is 12.4 Å². The van der Waals surface area contributed by atoms with Crippen LogP contribution in [0.3, 0.4) is 0 Å². The summed E-state index contributed by atoms with van der Waals surface area (Å²) in [6, 6.07) is 8.07. The molecule has 0 saturated carbocycles. The molecule has 2 aromatic rings. The number of carbonyl (C=O) groups is 2. The van der Waals surface area contributed by atoms with Crippen molar-refractivity contribution < 1.29 is 9.59 Å². The summed E-state index contributed by atoms with van der Waals surface area (Å²) < 4.78 is 0. The second-order valence-corrected chi connectivity index (χ2v) is 6.95. The van der Waals surface area contributed by atoms with Gasteiger partial charge in [-0.2, -0.15) is 0 Å². The third-order valence-corrected chi connectivity index (χ3v) is 4.73. The van der Waals surface area contributed by atoms with Gasteiger partial charge in [0.25, 0.3) is 5.91 Å². The molecule has 1 aliphatic rings. The van der Waals surface area contributed by atoms with E-state index in [0.717, 1.165) is 5.69 Å². The monoisotopic (exact) mass is 367 g/mol. The molecule has 27 heavy (non-hydrogen) atoms. The van der Waals surface area contributed by atoms with Crippen LogP contribution in [0.4, 0.5) is 11.5 Å². The fraction of sp³-hybridized carbons (Fsp3) is 0.400. The van der Waals surface area contributed by atoms with Crippen molar-refractivity contribution in [1.29, 1.82) is 0 Å². The zero-order valence-electron chi connectivity index (χ0n) is 16.0. The average molecular weight is 367 g/mol. The second kappa shape index (κ2) is 8.16. The standard InChI is InChI=1S/C20H25N5O2/c1-14(2)16-6-4-5-7-17(16)23-19-13-21-18(12-22-19)20(27)25-10-8-24(9-11-25)15(3)26/h4-7,12-14H,8-11H2,1-3H3,(H,22,23). The van der Waals surface area contributed by atoms with E-state index in [4.69, 9.17) is 0 Å². The summed E-state index contributed by atoms with van der Waals surface area (Å²) in [5, 5.41) is 3.28. The minimum Gasteiger partial charge on any atom is -0.339 e. The number of carbonyl (C=O) groups excluding carboxylic acids is 2. The normalized spacial score (nSPS) is 14.4. The summed E-state index contributed by atoms with van der Waals surface area (Å²) in [7, 11) is 0. The average Bonchev–Trinajstić information content (AvgIpc) is 2.68. The number of amides is 2. The number of hydrogen-bond acceptors (Lipinski definition) is 5. The van der Waals surface area contributed by atoms with E-state index >= 15 is 0 Å². The van der Waals surface area contributed by atoms with Crippen molar-refractivity contribution in [2.45, 2.75) is 26.7 Å². The van der Waals surface area contributed by atoms with Gasteiger partial charge in [0.1, 0.15) is 11.5 Å². The van der Waals surface area contributed by atoms with Crippen LogP contribution in [0.1, 0.15) is 42.7 Å². The summed E-state index contributed by atoms with van der Waals surface area (Å²) in [6.45, 7) is 7.97. The first-order chi connectivity index (χ1) is 13.0. The first-order valence-electron chi connectivity index (χ1n) is 9.18. The van der Waals surface area contributed by atoms with Crippen LogP contribution in [-0.2, 0) is 4.79 Å². The highest BCUT2D eigenvalue weighted by molar-refractivity contribution is 5.92. The fourth-order valence-electron chi connectivity index (χ4n) is 3.14. The van der Waals surface area contributed by atoms with Crippen molar-refractivity contribution in [2.75, 3.05) is 31.5 Å². The van der Waals surface area contributed by atoms with E-state index < -0.39 is 0 Å². The summed E-state index contributed by atoms with van der Waals surface area (Å²) in [5.74, 6) is 0.871. The lowest BCUT2D eigenvalue weighted by Gasteiger charge is -2.33. The van der Waals surface area contributed by atoms with E-state index in [0.29, 0.717) is 43.6 Å². The molecule has 2 heterocycles. The maximum Gasteiger partial charge on any atom is 0.274 e. The highest BCUT2D eigenvalue weighted by atomic mass is 16.2. The molecule has 1 aromatic carbocycles. The van der Waals surface area contributed by atoms with Crippen LogP contribution < -0.4 is 5.32 Å². The summed E-state index contributed by atoms with van der Waals surface area (Å²) >= 11 is 0. The smallest absolute Gasteiger partial charge is 0.274 e. The maximum atomic E-state index is 12.6. The molecule has 7 heteroatoms. The Morgan fingerprint density at radius 3 is 2.26 bits per heavy atom. The first kappa shape index (κ1) is 18.8. The SMILES string of the molecule is CC(=O)N1CCN(C(=O)c2cnc(Nc3ccccc3C(C)C)cn2)CC1. The van der Waals surface area contributed by atoms with Gasteiger partial charge in [-0.3, -0.25) is 9.59 Å². The molecule has 0 radical (unpaired) electrons. The van der Waals surface area contributed by atoms with Crippen molar-refractivity contribution in [1.82, 2.24) is 19.8 Å². The van der Waals surface area contributed by atoms with Gasteiger partial charge in [-0.15, -0.1) is 0 Å². The molecule has 0 bridgehead atoms. The van der Waals surface area contributed by atoms with E-state index in [1.54, 1.807) is 22.9 Å². The molecule has 1 aromatic heterocycles. The lowest BCUT2D eigenvalue weighted by molar-refractivity contribution is -0.130. The van der Waals surface area contributed by atoms with Crippen molar-refractivity contribution in [3.8, 4) is 0 Å². The maximum absolute atomic E-state index is 12.6. The lowest BCUT2D eigenvalue weighted by atomic mass is 10.0. The zero-order chi connectivity index (χ0) is 19.4. The number of anilines is 2. The van der Waals surface area contributed by atoms with Gasteiger partial charge >= 0.3 is 0 Å². The van der Waals surface area contributed by atoms with E-state index in [1.165, 1.54) is 11.8 Å². The Bertz CT molecular complexity index is 811. The largest absolute Gasteiger partial charge is 0.339 e. The predicted octanol–water partition coefficient (Wildman–Crippen LogP) is 2.65. The van der Waals surface area contributed by atoms with Gasteiger partial charge in [0.2, 0.25) is 5.91 Å². The van der Waals surface area contributed by atoms with E-state index in [1.807, 2.05) is 18.2 Å². The van der Waals surface area contributed by atoms with Crippen molar-refractivity contribution in [2.24, 2.45) is 0 Å². The van der Waals surface area contributed by atoms with E-state index in [-0.39, 0.29) is 11.8 Å². The summed E-state index contributed by atoms with van der Waals surface area (Å²) in [4.78, 5) is 36.1. The molecule has 3 rings (SSSR count). The Morgan fingerprint density at radius 1 is 1.00 bits per heavy atom. The molecule has 1 aliphatic heterocycles. The topological polar surface area (TPSA) is 78.4 Å². The summed E-state index contributed by atoms with van der Waals surface area (Å²) in [5.41, 5.74) is 2.50. The third-order valence-electron chi connectivity index (χ3n) is 4.73. The molecule has 142 valence electrons. The van der Waals surface area contributed by atoms with Crippen molar-refractivity contribution >= 4 is 23.3 Å². The van der Waals surface area contributed by atoms with Gasteiger partial charge in [-0.05, 0) is 17.5 Å². The molecule has 1 saturated heterocycles. The number of nitrogens with zero attached hydrogens (tertiary/aromatic N) is 4. The number of hydrogen-bond donors (Lipinski definition) is 1. The van der Waals surface area contributed by atoms with Gasteiger partial charge in [-0.25, -0.2) is 9.97 Å². The van der Waals surface area contributed by atoms with Crippen molar-refractivity contribution in [3.05, 3.63) is 47.9 Å². The number of nitrogens with one attached hydrogen (secondary N) is 1. The number of piperazine rings is 1. The summed E-state index contributed by atoms with van der Waals surface area (Å²) in [6.07, 6.45) is 3.08. The van der Waals surface area contributed by atoms with Crippen LogP contribution in [0.15, 0.2) is 36.7 Å². The number of benzene rings is 1. The molecular weight excluding hydrogens is 342 g/mol. The van der Waals surface area contributed by atoms with Gasteiger partial charge in [-0.1, -0.05) is 32.0 Å². The zero-order valence-corrected chi connectivity index (χ0v) is 16.0. The molecule has 0 unspecified atom stereocenters. The van der Waals surface area contributed by atoms with Gasteiger partial charge in [0.15, 0.2) is 0 Å². The highest BCUT2D eigenvalue weighted by Gasteiger charge is 2.24. The molecule has 7 nitrogen and oxygen atoms in total. The Hall–Kier alpha value is -2.96. The van der Waals surface area contributed by atoms with Gasteiger partial charge in [0, 0.05) is 38.8 Å². The lowest BCUT2D eigenvalue weighted by Crippen LogP contribution is -2.50. The Labute approximate surface area is 159 Å². The molecule has 0 atom stereocenters. The van der Waals surface area contributed by atoms with Crippen LogP contribution in [0, 0.1) is 0 Å². The predicted molar refractivity (Wildman–Crippen MR) is 104 cm³/mol. The van der Waals surface area contributed by atoms with Crippen LogP contribution >= 0.6 is 0 Å². The molecule has 1 N–H and O–H groups in total. The highest BCUT2D eigenvalue weighted by Crippen LogP contribution is 2.25. The fourth-order valence-corrected chi connectivity index (χ4v) is 3.14. The minimum absolute atomic E-state index is 0.0407. The van der Waals surface area contributed by atoms with Crippen molar-refractivity contribution in [3.63, 3.8) is 0 Å².